The van der Waals surface area contributed by atoms with E-state index in [0.29, 0.717) is 0 Å². The Bertz CT molecular complexity index is 488. The van der Waals surface area contributed by atoms with Gasteiger partial charge in [0, 0.05) is 21.4 Å². The van der Waals surface area contributed by atoms with Crippen molar-refractivity contribution in [1.82, 2.24) is 0 Å². The Kier molecular flexibility index (Phi) is 2.55. The summed E-state index contributed by atoms with van der Waals surface area (Å²) >= 11 is 0. The molecule has 0 bridgehead atoms. The molecule has 0 aromatic heterocycles. The summed E-state index contributed by atoms with van der Waals surface area (Å²) in [7, 11) is 6.75. The molecule has 0 atom stereocenters. The molecule has 2 N–H and O–H groups in total. The van der Waals surface area contributed by atoms with Crippen LogP contribution >= 0.6 is 28.6 Å². The molecule has 92 valence electrons. The van der Waals surface area contributed by atoms with Crippen molar-refractivity contribution in [3.8, 4) is 0 Å². The summed E-state index contributed by atoms with van der Waals surface area (Å²) in [5, 5.41) is 0. The summed E-state index contributed by atoms with van der Waals surface area (Å²) < 4.78 is 21.2. The maximum Gasteiger partial charge on any atom is 0.0585 e. The van der Waals surface area contributed by atoms with Gasteiger partial charge in [-0.15, -0.1) is 7.28 Å². The third-order valence-electron chi connectivity index (χ3n) is 2.50. The fourth-order valence-electron chi connectivity index (χ4n) is 1.56. The first-order chi connectivity index (χ1) is 7.74. The Morgan fingerprint density at radius 1 is 0.647 bits per heavy atom. The second-order valence-electron chi connectivity index (χ2n) is 3.82. The highest BCUT2D eigenvalue weighted by Gasteiger charge is 2.49. The van der Waals surface area contributed by atoms with E-state index in [4.69, 9.17) is 21.4 Å². The third kappa shape index (κ3) is 2.17. The molecule has 0 amide bonds. The van der Waals surface area contributed by atoms with Crippen LogP contribution in [-0.2, 0) is 0 Å². The first-order valence-electron chi connectivity index (χ1n) is 4.90. The fourth-order valence-corrected chi connectivity index (χ4v) is 4.55. The highest BCUT2D eigenvalue weighted by Crippen LogP contribution is 3.00. The van der Waals surface area contributed by atoms with Gasteiger partial charge in [0.25, 0.3) is 0 Å². The molecule has 0 aliphatic heterocycles. The number of benzene rings is 2. The van der Waals surface area contributed by atoms with Crippen molar-refractivity contribution in [2.24, 2.45) is 0 Å². The number of hydrogen-bond acceptors (Lipinski definition) is 2. The lowest BCUT2D eigenvalue weighted by Crippen LogP contribution is -2.22. The van der Waals surface area contributed by atoms with Crippen LogP contribution in [0, 0.1) is 0 Å². The normalized spacial score (nSPS) is 16.0. The summed E-state index contributed by atoms with van der Waals surface area (Å²) in [5.41, 5.74) is 0. The van der Waals surface area contributed by atoms with Crippen LogP contribution in [0.15, 0.2) is 70.5 Å². The van der Waals surface area contributed by atoms with Crippen LogP contribution in [0.3, 0.4) is 0 Å². The van der Waals surface area contributed by atoms with Crippen LogP contribution in [0.2, 0.25) is 0 Å². The van der Waals surface area contributed by atoms with Crippen LogP contribution < -0.4 is 0 Å². The Labute approximate surface area is 108 Å². The van der Waals surface area contributed by atoms with E-state index in [1.54, 1.807) is 36.4 Å². The molecule has 0 fully saturated rings. The minimum atomic E-state index is -5.44. The monoisotopic (exact) mass is 290 g/mol. The van der Waals surface area contributed by atoms with Gasteiger partial charge in [0.1, 0.15) is 0 Å². The lowest BCUT2D eigenvalue weighted by atomic mass is 10.4. The standard InChI is InChI=1S/C12H12Cl2O2S/c13-17(14,15,16,11-7-3-1-4-8-11)12-9-5-2-6-10-12/h1-10,15-16H. The second kappa shape index (κ2) is 3.40. The SMILES string of the molecule is OS(O)(Cl)(Cl)(c1ccccc1)c1ccccc1. The predicted octanol–water partition coefficient (Wildman–Crippen LogP) is 5.23. The molecule has 0 heterocycles. The molecular weight excluding hydrogens is 279 g/mol. The average Bonchev–Trinajstić information content (AvgIpc) is 2.30. The average molecular weight is 291 g/mol. The van der Waals surface area contributed by atoms with Crippen molar-refractivity contribution in [3.05, 3.63) is 60.7 Å². The van der Waals surface area contributed by atoms with Crippen molar-refractivity contribution in [2.75, 3.05) is 0 Å². The van der Waals surface area contributed by atoms with Crippen molar-refractivity contribution in [3.63, 3.8) is 0 Å². The Balaban J connectivity index is 2.76. The minimum Gasteiger partial charge on any atom is -0.295 e. The van der Waals surface area contributed by atoms with Gasteiger partial charge in [-0.05, 0) is 24.3 Å². The minimum absolute atomic E-state index is 0.0852. The van der Waals surface area contributed by atoms with Gasteiger partial charge in [-0.3, -0.25) is 9.11 Å². The van der Waals surface area contributed by atoms with Crippen molar-refractivity contribution >= 4 is 28.6 Å². The number of hydrogen-bond donors (Lipinski definition) is 2. The molecule has 0 unspecified atom stereocenters. The highest BCUT2D eigenvalue weighted by atomic mass is 36.0. The topological polar surface area (TPSA) is 40.5 Å². The summed E-state index contributed by atoms with van der Waals surface area (Å²) in [6, 6.07) is 16.1. The molecule has 2 rings (SSSR count). The molecular formula is C12H12Cl2O2S. The van der Waals surface area contributed by atoms with Crippen molar-refractivity contribution in [1.29, 1.82) is 0 Å². The quantitative estimate of drug-likeness (QED) is 0.795. The molecule has 17 heavy (non-hydrogen) atoms. The van der Waals surface area contributed by atoms with Gasteiger partial charge < -0.3 is 0 Å². The fraction of sp³-hybridized carbons (Fsp3) is 0. The van der Waals surface area contributed by atoms with Crippen LogP contribution in [-0.4, -0.2) is 9.11 Å². The summed E-state index contributed by atoms with van der Waals surface area (Å²) in [6.45, 7) is 0. The van der Waals surface area contributed by atoms with Gasteiger partial charge in [0.05, 0.1) is 9.79 Å². The lowest BCUT2D eigenvalue weighted by molar-refractivity contribution is 0.467. The second-order valence-corrected chi connectivity index (χ2v) is 12.1. The van der Waals surface area contributed by atoms with Crippen LogP contribution in [0.5, 0.6) is 0 Å². The van der Waals surface area contributed by atoms with E-state index in [1.165, 1.54) is 24.3 Å². The Morgan fingerprint density at radius 2 is 0.941 bits per heavy atom. The summed E-state index contributed by atoms with van der Waals surface area (Å²) in [4.78, 5) is 0.170. The highest BCUT2D eigenvalue weighted by molar-refractivity contribution is 8.85. The maximum atomic E-state index is 10.6. The molecule has 0 aliphatic rings. The van der Waals surface area contributed by atoms with Crippen LogP contribution in [0.4, 0.5) is 0 Å². The van der Waals surface area contributed by atoms with E-state index in [0.717, 1.165) is 0 Å². The smallest absolute Gasteiger partial charge is 0.0585 e. The zero-order chi connectivity index (χ0) is 12.6. The van der Waals surface area contributed by atoms with E-state index in [2.05, 4.69) is 0 Å². The first kappa shape index (κ1) is 12.7. The van der Waals surface area contributed by atoms with E-state index in [9.17, 15) is 9.11 Å². The van der Waals surface area contributed by atoms with Gasteiger partial charge in [-0.2, -0.15) is 0 Å². The van der Waals surface area contributed by atoms with E-state index < -0.39 is 7.28 Å². The van der Waals surface area contributed by atoms with Crippen LogP contribution in [0.25, 0.3) is 0 Å². The molecule has 2 aromatic rings. The third-order valence-corrected chi connectivity index (χ3v) is 7.21. The maximum absolute atomic E-state index is 10.6. The zero-order valence-corrected chi connectivity index (χ0v) is 11.2. The van der Waals surface area contributed by atoms with E-state index in [1.807, 2.05) is 0 Å². The van der Waals surface area contributed by atoms with E-state index in [-0.39, 0.29) is 9.79 Å². The van der Waals surface area contributed by atoms with Gasteiger partial charge in [0.2, 0.25) is 0 Å². The summed E-state index contributed by atoms with van der Waals surface area (Å²) in [5.74, 6) is 0. The van der Waals surface area contributed by atoms with Gasteiger partial charge >= 0.3 is 0 Å². The molecule has 0 radical (unpaired) electrons. The van der Waals surface area contributed by atoms with Gasteiger partial charge in [-0.1, -0.05) is 36.4 Å². The van der Waals surface area contributed by atoms with Gasteiger partial charge in [-0.25, -0.2) is 0 Å². The molecule has 2 aromatic carbocycles. The Morgan fingerprint density at radius 3 is 1.24 bits per heavy atom. The van der Waals surface area contributed by atoms with Crippen LogP contribution in [0.1, 0.15) is 0 Å². The zero-order valence-electron chi connectivity index (χ0n) is 8.83. The molecule has 0 saturated carbocycles. The number of rotatable bonds is 2. The molecule has 2 nitrogen and oxygen atoms in total. The summed E-state index contributed by atoms with van der Waals surface area (Å²) in [6.07, 6.45) is 0. The largest absolute Gasteiger partial charge is 0.295 e. The number of halogens is 2. The molecule has 0 saturated heterocycles. The molecule has 0 spiro atoms. The first-order valence-corrected chi connectivity index (χ1v) is 8.92. The molecule has 0 aliphatic carbocycles. The van der Waals surface area contributed by atoms with Crippen molar-refractivity contribution in [2.45, 2.75) is 9.79 Å². The predicted molar refractivity (Wildman–Crippen MR) is 74.0 cm³/mol. The lowest BCUT2D eigenvalue weighted by Gasteiger charge is -2.66. The molecule has 5 heteroatoms. The van der Waals surface area contributed by atoms with E-state index >= 15 is 0 Å². The Hall–Kier alpha value is -0.710. The van der Waals surface area contributed by atoms with Crippen molar-refractivity contribution < 1.29 is 9.11 Å². The van der Waals surface area contributed by atoms with Gasteiger partial charge in [0.15, 0.2) is 0 Å².